The molecule has 2 aromatic carbocycles. The first-order valence-corrected chi connectivity index (χ1v) is 13.2. The standard InChI is InChI=1S/C28H30N4O2S/c1-31-24-12-15-35-26(24)16-25(31)28(33)30-23-6-2-4-20-5-3-14-32(27(20)23)18-19-7-9-21(10-8-19)34-22-11-13-29-17-22/h2,4,6-10,12,15-16,22,29H,3,5,11,13-14,17-18H2,1H3,(H,30,33). The van der Waals surface area contributed by atoms with Crippen LogP contribution in [-0.4, -0.2) is 36.2 Å². The number of carbonyl (C=O) groups excluding carboxylic acids is 1. The molecule has 2 aliphatic heterocycles. The van der Waals surface area contributed by atoms with E-state index >= 15 is 0 Å². The molecule has 0 radical (unpaired) electrons. The van der Waals surface area contributed by atoms with E-state index in [1.807, 2.05) is 29.8 Å². The molecule has 4 heterocycles. The number of thiophene rings is 1. The Bertz CT molecular complexity index is 1350. The highest BCUT2D eigenvalue weighted by Gasteiger charge is 2.23. The average Bonchev–Trinajstić information content (AvgIpc) is 3.61. The van der Waals surface area contributed by atoms with Gasteiger partial charge in [-0.05, 0) is 72.6 Å². The maximum Gasteiger partial charge on any atom is 0.272 e. The number of rotatable bonds is 6. The van der Waals surface area contributed by atoms with Gasteiger partial charge < -0.3 is 24.8 Å². The number of anilines is 2. The first-order valence-electron chi connectivity index (χ1n) is 12.3. The lowest BCUT2D eigenvalue weighted by Gasteiger charge is -2.33. The Morgan fingerprint density at radius 3 is 2.89 bits per heavy atom. The highest BCUT2D eigenvalue weighted by molar-refractivity contribution is 7.17. The molecular weight excluding hydrogens is 456 g/mol. The summed E-state index contributed by atoms with van der Waals surface area (Å²) in [5.41, 5.74) is 6.31. The van der Waals surface area contributed by atoms with E-state index in [0.717, 1.165) is 72.8 Å². The molecule has 1 atom stereocenters. The summed E-state index contributed by atoms with van der Waals surface area (Å²) < 4.78 is 9.18. The molecule has 1 saturated heterocycles. The zero-order valence-electron chi connectivity index (χ0n) is 19.9. The highest BCUT2D eigenvalue weighted by Crippen LogP contribution is 2.36. The van der Waals surface area contributed by atoms with E-state index in [-0.39, 0.29) is 12.0 Å². The Labute approximate surface area is 209 Å². The molecule has 180 valence electrons. The van der Waals surface area contributed by atoms with Crippen LogP contribution in [0.15, 0.2) is 60.0 Å². The van der Waals surface area contributed by atoms with Crippen molar-refractivity contribution >= 4 is 38.8 Å². The third-order valence-corrected chi connectivity index (χ3v) is 7.92. The van der Waals surface area contributed by atoms with Crippen molar-refractivity contribution in [2.75, 3.05) is 29.9 Å². The van der Waals surface area contributed by atoms with Crippen LogP contribution in [0.25, 0.3) is 10.2 Å². The molecule has 1 amide bonds. The van der Waals surface area contributed by atoms with E-state index in [2.05, 4.69) is 57.3 Å². The van der Waals surface area contributed by atoms with Crippen molar-refractivity contribution < 1.29 is 9.53 Å². The first-order chi connectivity index (χ1) is 17.2. The van der Waals surface area contributed by atoms with Crippen molar-refractivity contribution in [3.05, 3.63) is 76.8 Å². The molecule has 1 fully saturated rings. The predicted molar refractivity (Wildman–Crippen MR) is 143 cm³/mol. The van der Waals surface area contributed by atoms with Crippen LogP contribution in [0.4, 0.5) is 11.4 Å². The number of benzene rings is 2. The van der Waals surface area contributed by atoms with Crippen LogP contribution in [0.5, 0.6) is 5.75 Å². The van der Waals surface area contributed by atoms with E-state index in [1.165, 1.54) is 11.1 Å². The van der Waals surface area contributed by atoms with Gasteiger partial charge in [-0.3, -0.25) is 4.79 Å². The third kappa shape index (κ3) is 4.42. The Morgan fingerprint density at radius 1 is 1.20 bits per heavy atom. The van der Waals surface area contributed by atoms with Crippen LogP contribution in [0.3, 0.4) is 0 Å². The fraction of sp³-hybridized carbons (Fsp3) is 0.321. The molecule has 0 aliphatic carbocycles. The number of hydrogen-bond donors (Lipinski definition) is 2. The summed E-state index contributed by atoms with van der Waals surface area (Å²) in [6.45, 7) is 3.71. The lowest BCUT2D eigenvalue weighted by atomic mass is 9.99. The molecule has 2 aliphatic rings. The molecular formula is C28H30N4O2S. The molecule has 2 N–H and O–H groups in total. The second-order valence-electron chi connectivity index (χ2n) is 9.43. The van der Waals surface area contributed by atoms with Crippen LogP contribution >= 0.6 is 11.3 Å². The molecule has 2 aromatic heterocycles. The molecule has 6 rings (SSSR count). The number of aryl methyl sites for hydroxylation is 2. The highest BCUT2D eigenvalue weighted by atomic mass is 32.1. The lowest BCUT2D eigenvalue weighted by Crippen LogP contribution is -2.30. The lowest BCUT2D eigenvalue weighted by molar-refractivity contribution is 0.101. The van der Waals surface area contributed by atoms with Gasteiger partial charge in [-0.15, -0.1) is 11.3 Å². The number of fused-ring (bicyclic) bond motifs is 2. The van der Waals surface area contributed by atoms with E-state index in [1.54, 1.807) is 11.3 Å². The molecule has 35 heavy (non-hydrogen) atoms. The quantitative estimate of drug-likeness (QED) is 0.394. The van der Waals surface area contributed by atoms with Crippen LogP contribution in [0.1, 0.15) is 34.5 Å². The Morgan fingerprint density at radius 2 is 2.09 bits per heavy atom. The van der Waals surface area contributed by atoms with Crippen LogP contribution in [0.2, 0.25) is 0 Å². The topological polar surface area (TPSA) is 58.5 Å². The minimum absolute atomic E-state index is 0.0715. The van der Waals surface area contributed by atoms with E-state index in [0.29, 0.717) is 5.69 Å². The average molecular weight is 487 g/mol. The van der Waals surface area contributed by atoms with Gasteiger partial charge in [-0.2, -0.15) is 0 Å². The number of amides is 1. The monoisotopic (exact) mass is 486 g/mol. The van der Waals surface area contributed by atoms with Gasteiger partial charge in [0.2, 0.25) is 0 Å². The second-order valence-corrected chi connectivity index (χ2v) is 10.4. The smallest absolute Gasteiger partial charge is 0.272 e. The van der Waals surface area contributed by atoms with Gasteiger partial charge in [0.1, 0.15) is 17.5 Å². The van der Waals surface area contributed by atoms with Gasteiger partial charge in [-0.1, -0.05) is 24.3 Å². The van der Waals surface area contributed by atoms with Crippen LogP contribution in [-0.2, 0) is 20.0 Å². The number of nitrogens with zero attached hydrogens (tertiary/aromatic N) is 2. The second kappa shape index (κ2) is 9.40. The normalized spacial score (nSPS) is 17.5. The van der Waals surface area contributed by atoms with Crippen molar-refractivity contribution in [2.24, 2.45) is 7.05 Å². The van der Waals surface area contributed by atoms with E-state index in [9.17, 15) is 4.79 Å². The van der Waals surface area contributed by atoms with Gasteiger partial charge in [0.05, 0.1) is 21.6 Å². The van der Waals surface area contributed by atoms with Gasteiger partial charge in [0.25, 0.3) is 5.91 Å². The first kappa shape index (κ1) is 22.2. The summed E-state index contributed by atoms with van der Waals surface area (Å²) >= 11 is 1.66. The van der Waals surface area contributed by atoms with E-state index < -0.39 is 0 Å². The SMILES string of the molecule is Cn1c(C(=O)Nc2cccc3c2N(Cc2ccc(OC4CCNC4)cc2)CCC3)cc2sccc21. The number of carbonyl (C=O) groups is 1. The number of aromatic nitrogens is 1. The summed E-state index contributed by atoms with van der Waals surface area (Å²) in [4.78, 5) is 15.7. The largest absolute Gasteiger partial charge is 0.489 e. The van der Waals surface area contributed by atoms with Crippen LogP contribution in [0, 0.1) is 0 Å². The van der Waals surface area contributed by atoms with Crippen molar-refractivity contribution in [1.29, 1.82) is 0 Å². The minimum atomic E-state index is -0.0715. The van der Waals surface area contributed by atoms with Crippen molar-refractivity contribution in [3.63, 3.8) is 0 Å². The van der Waals surface area contributed by atoms with Gasteiger partial charge >= 0.3 is 0 Å². The number of para-hydroxylation sites is 1. The zero-order chi connectivity index (χ0) is 23.8. The Balaban J connectivity index is 1.22. The summed E-state index contributed by atoms with van der Waals surface area (Å²) in [6, 6.07) is 18.8. The molecule has 1 unspecified atom stereocenters. The predicted octanol–water partition coefficient (Wildman–Crippen LogP) is 5.19. The fourth-order valence-corrected chi connectivity index (χ4v) is 6.12. The number of ether oxygens (including phenoxy) is 1. The number of hydrogen-bond acceptors (Lipinski definition) is 5. The maximum atomic E-state index is 13.3. The zero-order valence-corrected chi connectivity index (χ0v) is 20.7. The summed E-state index contributed by atoms with van der Waals surface area (Å²) in [7, 11) is 1.95. The molecule has 0 spiro atoms. The number of nitrogens with one attached hydrogen (secondary N) is 2. The fourth-order valence-electron chi connectivity index (χ4n) is 5.27. The Hall–Kier alpha value is -3.29. The van der Waals surface area contributed by atoms with Crippen molar-refractivity contribution in [2.45, 2.75) is 31.9 Å². The van der Waals surface area contributed by atoms with Gasteiger partial charge in [-0.25, -0.2) is 0 Å². The minimum Gasteiger partial charge on any atom is -0.489 e. The Kier molecular flexibility index (Phi) is 5.96. The third-order valence-electron chi connectivity index (χ3n) is 7.07. The summed E-state index contributed by atoms with van der Waals surface area (Å²) in [5.74, 6) is 0.856. The maximum absolute atomic E-state index is 13.3. The van der Waals surface area contributed by atoms with Crippen molar-refractivity contribution in [1.82, 2.24) is 9.88 Å². The molecule has 7 heteroatoms. The molecule has 0 saturated carbocycles. The summed E-state index contributed by atoms with van der Waals surface area (Å²) in [6.07, 6.45) is 3.45. The van der Waals surface area contributed by atoms with E-state index in [4.69, 9.17) is 4.74 Å². The van der Waals surface area contributed by atoms with Crippen molar-refractivity contribution in [3.8, 4) is 5.75 Å². The van der Waals surface area contributed by atoms with Crippen LogP contribution < -0.4 is 20.3 Å². The van der Waals surface area contributed by atoms with Gasteiger partial charge in [0, 0.05) is 26.7 Å². The summed E-state index contributed by atoms with van der Waals surface area (Å²) in [5, 5.41) is 8.62. The van der Waals surface area contributed by atoms with Gasteiger partial charge in [0.15, 0.2) is 0 Å². The molecule has 0 bridgehead atoms. The molecule has 4 aromatic rings. The molecule has 6 nitrogen and oxygen atoms in total.